The summed E-state index contributed by atoms with van der Waals surface area (Å²) in [6, 6.07) is 6.49. The van der Waals surface area contributed by atoms with Crippen molar-refractivity contribution in [1.82, 2.24) is 0 Å². The first-order valence-corrected chi connectivity index (χ1v) is 4.64. The van der Waals surface area contributed by atoms with Crippen LogP contribution in [0, 0.1) is 5.92 Å². The van der Waals surface area contributed by atoms with Gasteiger partial charge in [0.05, 0.1) is 13.0 Å². The molecule has 1 aromatic carbocycles. The molecule has 2 rings (SSSR count). The third-order valence-corrected chi connectivity index (χ3v) is 2.74. The fraction of sp³-hybridized carbons (Fsp3) is 0.364. The largest absolute Gasteiger partial charge is 0.497 e. The molecule has 3 nitrogen and oxygen atoms in total. The zero-order valence-electron chi connectivity index (χ0n) is 8.24. The molecule has 0 heterocycles. The minimum Gasteiger partial charge on any atom is -0.497 e. The summed E-state index contributed by atoms with van der Waals surface area (Å²) in [6.45, 7) is 0. The van der Waals surface area contributed by atoms with Gasteiger partial charge in [0.1, 0.15) is 5.75 Å². The number of alkyl halides is 1. The molecule has 1 aromatic rings. The maximum Gasteiger partial charge on any atom is 0.310 e. The van der Waals surface area contributed by atoms with Crippen LogP contribution in [-0.4, -0.2) is 18.2 Å². The third kappa shape index (κ3) is 1.56. The summed E-state index contributed by atoms with van der Waals surface area (Å²) in [4.78, 5) is 10.6. The summed E-state index contributed by atoms with van der Waals surface area (Å²) < 4.78 is 19.0. The van der Waals surface area contributed by atoms with Gasteiger partial charge >= 0.3 is 5.97 Å². The molecular weight excluding hydrogens is 199 g/mol. The molecule has 80 valence electrons. The predicted octanol–water partition coefficient (Wildman–Crippen LogP) is 1.96. The Hall–Kier alpha value is -1.58. The molecule has 4 heteroatoms. The van der Waals surface area contributed by atoms with Crippen LogP contribution in [0.5, 0.6) is 5.75 Å². The van der Waals surface area contributed by atoms with E-state index in [2.05, 4.69) is 0 Å². The number of aliphatic carboxylic acids is 1. The lowest BCUT2D eigenvalue weighted by Crippen LogP contribution is -2.09. The molecule has 0 aliphatic heterocycles. The van der Waals surface area contributed by atoms with Crippen LogP contribution in [0.1, 0.15) is 12.0 Å². The highest BCUT2D eigenvalue weighted by Crippen LogP contribution is 2.56. The molecule has 0 bridgehead atoms. The lowest BCUT2D eigenvalue weighted by atomic mass is 10.1. The van der Waals surface area contributed by atoms with E-state index in [4.69, 9.17) is 9.84 Å². The second-order valence-corrected chi connectivity index (χ2v) is 3.69. The first kappa shape index (κ1) is 9.96. The molecule has 0 unspecified atom stereocenters. The fourth-order valence-electron chi connectivity index (χ4n) is 1.72. The minimum absolute atomic E-state index is 0.0511. The molecule has 1 aliphatic rings. The molecule has 1 saturated carbocycles. The topological polar surface area (TPSA) is 46.5 Å². The molecule has 0 amide bonds. The van der Waals surface area contributed by atoms with Crippen molar-refractivity contribution in [3.05, 3.63) is 29.8 Å². The number of benzene rings is 1. The number of carboxylic acids is 1. The van der Waals surface area contributed by atoms with Gasteiger partial charge < -0.3 is 9.84 Å². The standard InChI is InChI=1S/C11H11FO3/c1-15-8-4-2-3-7(5-8)11(12)6-9(11)10(13)14/h2-5,9H,6H2,1H3,(H,13,14)/t9-,11-/m0/s1. The number of carboxylic acid groups (broad SMARTS) is 1. The SMILES string of the molecule is COc1cccc([C@@]2(F)C[C@H]2C(=O)O)c1. The Morgan fingerprint density at radius 1 is 1.67 bits per heavy atom. The normalized spacial score (nSPS) is 28.5. The van der Waals surface area contributed by atoms with Crippen molar-refractivity contribution >= 4 is 5.97 Å². The van der Waals surface area contributed by atoms with Crippen LogP contribution in [0.15, 0.2) is 24.3 Å². The zero-order chi connectivity index (χ0) is 11.1. The Balaban J connectivity index is 2.27. The van der Waals surface area contributed by atoms with Crippen LogP contribution < -0.4 is 4.74 Å². The van der Waals surface area contributed by atoms with Gasteiger partial charge in [-0.2, -0.15) is 0 Å². The number of hydrogen-bond donors (Lipinski definition) is 1. The minimum atomic E-state index is -1.71. The number of carbonyl (C=O) groups is 1. The third-order valence-electron chi connectivity index (χ3n) is 2.74. The highest BCUT2D eigenvalue weighted by Gasteiger charge is 2.61. The first-order chi connectivity index (χ1) is 7.08. The van der Waals surface area contributed by atoms with Crippen molar-refractivity contribution in [3.8, 4) is 5.75 Å². The second-order valence-electron chi connectivity index (χ2n) is 3.69. The van der Waals surface area contributed by atoms with E-state index in [1.165, 1.54) is 7.11 Å². The number of halogens is 1. The molecule has 1 fully saturated rings. The van der Waals surface area contributed by atoms with E-state index in [9.17, 15) is 9.18 Å². The summed E-state index contributed by atoms with van der Waals surface area (Å²) in [6.07, 6.45) is 0.0511. The zero-order valence-corrected chi connectivity index (χ0v) is 8.24. The van der Waals surface area contributed by atoms with E-state index in [1.54, 1.807) is 24.3 Å². The maximum atomic E-state index is 14.0. The molecule has 0 spiro atoms. The Bertz CT molecular complexity index is 405. The van der Waals surface area contributed by atoms with E-state index in [0.29, 0.717) is 11.3 Å². The Labute approximate surface area is 86.5 Å². The maximum absolute atomic E-state index is 14.0. The summed E-state index contributed by atoms with van der Waals surface area (Å²) in [7, 11) is 1.49. The van der Waals surface area contributed by atoms with Gasteiger partial charge in [0.25, 0.3) is 0 Å². The van der Waals surface area contributed by atoms with Crippen molar-refractivity contribution in [2.24, 2.45) is 5.92 Å². The number of hydrogen-bond acceptors (Lipinski definition) is 2. The highest BCUT2D eigenvalue weighted by atomic mass is 19.1. The second kappa shape index (κ2) is 3.22. The monoisotopic (exact) mass is 210 g/mol. The molecular formula is C11H11FO3. The van der Waals surface area contributed by atoms with Crippen molar-refractivity contribution in [2.75, 3.05) is 7.11 Å². The first-order valence-electron chi connectivity index (χ1n) is 4.64. The van der Waals surface area contributed by atoms with Crippen LogP contribution in [0.3, 0.4) is 0 Å². The quantitative estimate of drug-likeness (QED) is 0.829. The fourth-order valence-corrected chi connectivity index (χ4v) is 1.72. The van der Waals surface area contributed by atoms with Crippen molar-refractivity contribution in [3.63, 3.8) is 0 Å². The van der Waals surface area contributed by atoms with Crippen molar-refractivity contribution < 1.29 is 19.0 Å². The van der Waals surface area contributed by atoms with E-state index >= 15 is 0 Å². The summed E-state index contributed by atoms with van der Waals surface area (Å²) in [5, 5.41) is 8.71. The number of ether oxygens (including phenoxy) is 1. The van der Waals surface area contributed by atoms with Gasteiger partial charge in [-0.3, -0.25) is 4.79 Å². The summed E-state index contributed by atoms with van der Waals surface area (Å²) in [5.41, 5.74) is -1.32. The van der Waals surface area contributed by atoms with E-state index < -0.39 is 17.6 Å². The molecule has 1 N–H and O–H groups in total. The average Bonchev–Trinajstić information content (AvgIpc) is 2.93. The van der Waals surface area contributed by atoms with Gasteiger partial charge in [0.2, 0.25) is 0 Å². The number of rotatable bonds is 3. The molecule has 2 atom stereocenters. The Kier molecular flexibility index (Phi) is 2.14. The van der Waals surface area contributed by atoms with Gasteiger partial charge in [-0.1, -0.05) is 12.1 Å². The van der Waals surface area contributed by atoms with E-state index in [-0.39, 0.29) is 6.42 Å². The average molecular weight is 210 g/mol. The van der Waals surface area contributed by atoms with Gasteiger partial charge in [-0.25, -0.2) is 4.39 Å². The predicted molar refractivity (Wildman–Crippen MR) is 51.5 cm³/mol. The van der Waals surface area contributed by atoms with Gasteiger partial charge in [-0.05, 0) is 17.7 Å². The van der Waals surface area contributed by atoms with Crippen molar-refractivity contribution in [1.29, 1.82) is 0 Å². The van der Waals surface area contributed by atoms with Crippen molar-refractivity contribution in [2.45, 2.75) is 12.1 Å². The summed E-state index contributed by atoms with van der Waals surface area (Å²) >= 11 is 0. The smallest absolute Gasteiger partial charge is 0.310 e. The van der Waals surface area contributed by atoms with Gasteiger partial charge in [-0.15, -0.1) is 0 Å². The van der Waals surface area contributed by atoms with Gasteiger partial charge in [0.15, 0.2) is 5.67 Å². The lowest BCUT2D eigenvalue weighted by Gasteiger charge is -2.08. The molecule has 0 radical (unpaired) electrons. The Morgan fingerprint density at radius 2 is 2.40 bits per heavy atom. The molecule has 0 saturated heterocycles. The van der Waals surface area contributed by atoms with Gasteiger partial charge in [0, 0.05) is 6.42 Å². The van der Waals surface area contributed by atoms with Crippen LogP contribution in [0.2, 0.25) is 0 Å². The molecule has 1 aliphatic carbocycles. The van der Waals surface area contributed by atoms with Crippen LogP contribution in [-0.2, 0) is 10.5 Å². The van der Waals surface area contributed by atoms with Crippen LogP contribution in [0.4, 0.5) is 4.39 Å². The summed E-state index contributed by atoms with van der Waals surface area (Å²) in [5.74, 6) is -1.45. The van der Waals surface area contributed by atoms with E-state index in [0.717, 1.165) is 0 Å². The van der Waals surface area contributed by atoms with E-state index in [1.807, 2.05) is 0 Å². The Morgan fingerprint density at radius 3 is 2.93 bits per heavy atom. The highest BCUT2D eigenvalue weighted by molar-refractivity contribution is 5.76. The van der Waals surface area contributed by atoms with Crippen LogP contribution >= 0.6 is 0 Å². The lowest BCUT2D eigenvalue weighted by molar-refractivity contribution is -0.139. The molecule has 0 aromatic heterocycles. The van der Waals surface area contributed by atoms with Crippen LogP contribution in [0.25, 0.3) is 0 Å². The number of methoxy groups -OCH3 is 1. The molecule has 15 heavy (non-hydrogen) atoms.